The van der Waals surface area contributed by atoms with Gasteiger partial charge in [0.05, 0.1) is 11.0 Å². The normalized spacial score (nSPS) is 10.8. The Bertz CT molecular complexity index is 997. The molecule has 3 rings (SSSR count). The van der Waals surface area contributed by atoms with Crippen molar-refractivity contribution in [3.05, 3.63) is 59.7 Å². The van der Waals surface area contributed by atoms with Crippen LogP contribution in [0.15, 0.2) is 42.5 Å². The van der Waals surface area contributed by atoms with E-state index < -0.39 is 5.82 Å². The summed E-state index contributed by atoms with van der Waals surface area (Å²) in [5, 5.41) is 5.37. The highest BCUT2D eigenvalue weighted by molar-refractivity contribution is 5.93. The molecule has 0 unspecified atom stereocenters. The number of aryl methyl sites for hydroxylation is 2. The molecular weight excluding hydrogens is 347 g/mol. The van der Waals surface area contributed by atoms with Gasteiger partial charge >= 0.3 is 0 Å². The van der Waals surface area contributed by atoms with Crippen LogP contribution in [0.3, 0.4) is 0 Å². The van der Waals surface area contributed by atoms with Crippen LogP contribution in [0.2, 0.25) is 0 Å². The smallest absolute Gasteiger partial charge is 0.224 e. The van der Waals surface area contributed by atoms with E-state index in [4.69, 9.17) is 0 Å². The van der Waals surface area contributed by atoms with Crippen molar-refractivity contribution < 1.29 is 14.0 Å². The predicted molar refractivity (Wildman–Crippen MR) is 102 cm³/mol. The van der Waals surface area contributed by atoms with Gasteiger partial charge in [0, 0.05) is 32.1 Å². The molecule has 1 aromatic heterocycles. The lowest BCUT2D eigenvalue weighted by Gasteiger charge is -2.07. The number of nitrogens with zero attached hydrogens (tertiary/aromatic N) is 2. The van der Waals surface area contributed by atoms with Gasteiger partial charge in [-0.15, -0.1) is 0 Å². The van der Waals surface area contributed by atoms with Crippen LogP contribution < -0.4 is 10.6 Å². The van der Waals surface area contributed by atoms with E-state index >= 15 is 0 Å². The highest BCUT2D eigenvalue weighted by Crippen LogP contribution is 2.16. The number of rotatable bonds is 6. The van der Waals surface area contributed by atoms with Gasteiger partial charge in [-0.2, -0.15) is 0 Å². The second-order valence-electron chi connectivity index (χ2n) is 6.38. The van der Waals surface area contributed by atoms with Gasteiger partial charge < -0.3 is 15.2 Å². The maximum Gasteiger partial charge on any atom is 0.224 e. The summed E-state index contributed by atoms with van der Waals surface area (Å²) in [5.74, 6) is -0.0519. The summed E-state index contributed by atoms with van der Waals surface area (Å²) in [5.41, 5.74) is 3.24. The highest BCUT2D eigenvalue weighted by atomic mass is 19.1. The number of carbonyl (C=O) groups is 2. The third-order valence-corrected chi connectivity index (χ3v) is 4.35. The quantitative estimate of drug-likeness (QED) is 0.702. The Labute approximate surface area is 156 Å². The molecule has 0 spiro atoms. The van der Waals surface area contributed by atoms with E-state index in [1.807, 2.05) is 36.7 Å². The van der Waals surface area contributed by atoms with Crippen molar-refractivity contribution in [2.45, 2.75) is 26.3 Å². The van der Waals surface area contributed by atoms with E-state index in [2.05, 4.69) is 15.6 Å². The van der Waals surface area contributed by atoms with Crippen LogP contribution in [0.1, 0.15) is 24.2 Å². The average Bonchev–Trinajstić information content (AvgIpc) is 2.92. The summed E-state index contributed by atoms with van der Waals surface area (Å²) in [6.07, 6.45) is 0.0902. The molecule has 0 fully saturated rings. The molecule has 0 radical (unpaired) electrons. The minimum atomic E-state index is -0.425. The fraction of sp³-hybridized carbons (Fsp3) is 0.250. The molecule has 7 heteroatoms. The van der Waals surface area contributed by atoms with Gasteiger partial charge in [0.2, 0.25) is 11.8 Å². The second-order valence-corrected chi connectivity index (χ2v) is 6.38. The molecule has 0 aliphatic rings. The average molecular weight is 368 g/mol. The molecule has 2 amide bonds. The van der Waals surface area contributed by atoms with Crippen molar-refractivity contribution in [2.75, 3.05) is 5.32 Å². The van der Waals surface area contributed by atoms with Crippen molar-refractivity contribution >= 4 is 28.5 Å². The van der Waals surface area contributed by atoms with Gasteiger partial charge in [0.25, 0.3) is 0 Å². The van der Waals surface area contributed by atoms with Crippen molar-refractivity contribution in [1.82, 2.24) is 14.9 Å². The third-order valence-electron chi connectivity index (χ3n) is 4.35. The lowest BCUT2D eigenvalue weighted by Crippen LogP contribution is -2.24. The molecule has 140 valence electrons. The fourth-order valence-corrected chi connectivity index (χ4v) is 2.78. The Hall–Kier alpha value is -3.22. The lowest BCUT2D eigenvalue weighted by molar-refractivity contribution is -0.124. The Morgan fingerprint density at radius 2 is 1.89 bits per heavy atom. The van der Waals surface area contributed by atoms with E-state index in [1.54, 1.807) is 6.07 Å². The third kappa shape index (κ3) is 4.69. The molecule has 27 heavy (non-hydrogen) atoms. The number of hydrogen-bond donors (Lipinski definition) is 2. The zero-order valence-corrected chi connectivity index (χ0v) is 15.3. The van der Waals surface area contributed by atoms with Crippen LogP contribution in [0.25, 0.3) is 11.0 Å². The van der Waals surface area contributed by atoms with Gasteiger partial charge in [-0.05, 0) is 42.8 Å². The second kappa shape index (κ2) is 7.99. The van der Waals surface area contributed by atoms with Crippen LogP contribution in [-0.4, -0.2) is 21.4 Å². The molecule has 3 aromatic rings. The zero-order chi connectivity index (χ0) is 19.4. The summed E-state index contributed by atoms with van der Waals surface area (Å²) >= 11 is 0. The molecule has 0 bridgehead atoms. The number of halogens is 1. The Kier molecular flexibility index (Phi) is 5.49. The first-order valence-electron chi connectivity index (χ1n) is 8.66. The number of nitrogens with one attached hydrogen (secondary N) is 2. The molecule has 0 atom stereocenters. The fourth-order valence-electron chi connectivity index (χ4n) is 2.78. The molecule has 0 saturated heterocycles. The molecule has 2 aromatic carbocycles. The largest absolute Gasteiger partial charge is 0.352 e. The maximum atomic E-state index is 13.1. The summed E-state index contributed by atoms with van der Waals surface area (Å²) in [7, 11) is 1.96. The van der Waals surface area contributed by atoms with Gasteiger partial charge in [0.15, 0.2) is 0 Å². The van der Waals surface area contributed by atoms with E-state index in [9.17, 15) is 14.0 Å². The number of hydrogen-bond acceptors (Lipinski definition) is 3. The molecule has 6 nitrogen and oxygen atoms in total. The Balaban J connectivity index is 1.47. The number of fused-ring (bicyclic) bond motifs is 1. The predicted octanol–water partition coefficient (Wildman–Crippen LogP) is 3.06. The zero-order valence-electron chi connectivity index (χ0n) is 15.3. The minimum Gasteiger partial charge on any atom is -0.352 e. The number of imidazole rings is 1. The first-order valence-corrected chi connectivity index (χ1v) is 8.66. The Morgan fingerprint density at radius 1 is 1.11 bits per heavy atom. The van der Waals surface area contributed by atoms with E-state index in [0.29, 0.717) is 12.2 Å². The van der Waals surface area contributed by atoms with Crippen LogP contribution in [0.4, 0.5) is 10.1 Å². The summed E-state index contributed by atoms with van der Waals surface area (Å²) in [4.78, 5) is 28.3. The minimum absolute atomic E-state index is 0.0286. The highest BCUT2D eigenvalue weighted by Gasteiger charge is 2.09. The first-order chi connectivity index (χ1) is 12.9. The van der Waals surface area contributed by atoms with Crippen LogP contribution in [-0.2, 0) is 23.2 Å². The van der Waals surface area contributed by atoms with Crippen LogP contribution >= 0.6 is 0 Å². The molecule has 1 heterocycles. The van der Waals surface area contributed by atoms with Crippen molar-refractivity contribution in [3.63, 3.8) is 0 Å². The van der Waals surface area contributed by atoms with Crippen LogP contribution in [0.5, 0.6) is 0 Å². The molecule has 2 N–H and O–H groups in total. The number of amides is 2. The molecule has 0 aliphatic heterocycles. The summed E-state index contributed by atoms with van der Waals surface area (Å²) in [6.45, 7) is 2.31. The first kappa shape index (κ1) is 18.6. The van der Waals surface area contributed by atoms with E-state index in [1.165, 1.54) is 18.2 Å². The van der Waals surface area contributed by atoms with Crippen molar-refractivity contribution in [3.8, 4) is 0 Å². The van der Waals surface area contributed by atoms with E-state index in [-0.39, 0.29) is 24.7 Å². The maximum absolute atomic E-state index is 13.1. The number of carbonyl (C=O) groups excluding carboxylic acids is 2. The van der Waals surface area contributed by atoms with Gasteiger partial charge in [0.1, 0.15) is 11.6 Å². The van der Waals surface area contributed by atoms with E-state index in [0.717, 1.165) is 22.4 Å². The van der Waals surface area contributed by atoms with Gasteiger partial charge in [-0.3, -0.25) is 9.59 Å². The summed E-state index contributed by atoms with van der Waals surface area (Å²) < 4.78 is 15.1. The molecule has 0 saturated carbocycles. The number of aromatic nitrogens is 2. The number of benzene rings is 2. The van der Waals surface area contributed by atoms with Crippen molar-refractivity contribution in [1.29, 1.82) is 0 Å². The Morgan fingerprint density at radius 3 is 2.67 bits per heavy atom. The van der Waals surface area contributed by atoms with Gasteiger partial charge in [-0.1, -0.05) is 12.1 Å². The van der Waals surface area contributed by atoms with Crippen molar-refractivity contribution in [2.24, 2.45) is 7.05 Å². The topological polar surface area (TPSA) is 76.0 Å². The summed E-state index contributed by atoms with van der Waals surface area (Å²) in [6, 6.07) is 11.5. The monoisotopic (exact) mass is 368 g/mol. The molecular formula is C20H21FN4O2. The van der Waals surface area contributed by atoms with Crippen LogP contribution in [0, 0.1) is 12.7 Å². The number of anilines is 1. The lowest BCUT2D eigenvalue weighted by atomic mass is 10.2. The SMILES string of the molecule is Cc1nc2cc(CNC(=O)CCC(=O)Nc3cccc(F)c3)ccc2n1C. The molecule has 0 aliphatic carbocycles. The standard InChI is InChI=1S/C20H21FN4O2/c1-13-23-17-10-14(6-7-18(17)25(13)2)12-22-19(26)8-9-20(27)24-16-5-3-4-15(21)11-16/h3-7,10-11H,8-9,12H2,1-2H3,(H,22,26)(H,24,27). The van der Waals surface area contributed by atoms with Gasteiger partial charge in [-0.25, -0.2) is 9.37 Å².